The number of carboxylic acids is 1. The van der Waals surface area contributed by atoms with Crippen LogP contribution in [0, 0.1) is 10.1 Å². The smallest absolute Gasteiger partial charge is 0.332 e. The zero-order valence-electron chi connectivity index (χ0n) is 10.5. The number of aromatic nitrogens is 1. The molecule has 0 bridgehead atoms. The molecule has 7 nitrogen and oxygen atoms in total. The number of rotatable bonds is 5. The quantitative estimate of drug-likeness (QED) is 0.672. The third-order valence-electron chi connectivity index (χ3n) is 2.46. The van der Waals surface area contributed by atoms with Crippen molar-refractivity contribution < 1.29 is 19.6 Å². The van der Waals surface area contributed by atoms with Crippen LogP contribution < -0.4 is 4.74 Å². The molecule has 0 aliphatic heterocycles. The Balaban J connectivity index is 2.30. The van der Waals surface area contributed by atoms with Crippen LogP contribution in [0.4, 0.5) is 5.69 Å². The molecule has 0 fully saturated rings. The largest absolute Gasteiger partial charge is 0.481 e. The highest BCUT2D eigenvalue weighted by molar-refractivity contribution is 6.30. The van der Waals surface area contributed by atoms with Crippen molar-refractivity contribution in [2.45, 2.75) is 6.42 Å². The molecule has 8 heteroatoms. The summed E-state index contributed by atoms with van der Waals surface area (Å²) in [4.78, 5) is 24.7. The van der Waals surface area contributed by atoms with Crippen molar-refractivity contribution in [2.24, 2.45) is 0 Å². The Kier molecular flexibility index (Phi) is 4.34. The monoisotopic (exact) mass is 308 g/mol. The van der Waals surface area contributed by atoms with Gasteiger partial charge in [-0.3, -0.25) is 14.9 Å². The number of hydrogen-bond acceptors (Lipinski definition) is 5. The molecule has 21 heavy (non-hydrogen) atoms. The molecular weight excluding hydrogens is 300 g/mol. The first kappa shape index (κ1) is 14.7. The molecule has 1 aromatic carbocycles. The van der Waals surface area contributed by atoms with Gasteiger partial charge < -0.3 is 9.84 Å². The van der Waals surface area contributed by atoms with E-state index in [1.807, 2.05) is 0 Å². The maximum absolute atomic E-state index is 10.9. The highest BCUT2D eigenvalue weighted by Gasteiger charge is 2.18. The van der Waals surface area contributed by atoms with Gasteiger partial charge >= 0.3 is 11.7 Å². The molecule has 1 heterocycles. The molecule has 2 rings (SSSR count). The van der Waals surface area contributed by atoms with E-state index < -0.39 is 10.9 Å². The number of carboxylic acid groups (broad SMARTS) is 1. The van der Waals surface area contributed by atoms with E-state index in [1.165, 1.54) is 12.3 Å². The zero-order chi connectivity index (χ0) is 15.4. The molecule has 1 N–H and O–H groups in total. The van der Waals surface area contributed by atoms with Crippen LogP contribution in [0.3, 0.4) is 0 Å². The number of pyridine rings is 1. The molecule has 0 aliphatic carbocycles. The van der Waals surface area contributed by atoms with Gasteiger partial charge in [-0.05, 0) is 17.7 Å². The van der Waals surface area contributed by atoms with Crippen molar-refractivity contribution in [1.29, 1.82) is 0 Å². The lowest BCUT2D eigenvalue weighted by molar-refractivity contribution is -0.386. The second-order valence-corrected chi connectivity index (χ2v) is 4.49. The first-order valence-corrected chi connectivity index (χ1v) is 6.12. The zero-order valence-corrected chi connectivity index (χ0v) is 11.3. The van der Waals surface area contributed by atoms with Crippen molar-refractivity contribution in [2.75, 3.05) is 0 Å². The van der Waals surface area contributed by atoms with Crippen LogP contribution in [0.1, 0.15) is 5.56 Å². The first-order valence-electron chi connectivity index (χ1n) is 5.74. The maximum atomic E-state index is 10.9. The summed E-state index contributed by atoms with van der Waals surface area (Å²) in [7, 11) is 0. The molecule has 0 unspecified atom stereocenters. The van der Waals surface area contributed by atoms with Gasteiger partial charge in [0, 0.05) is 6.07 Å². The summed E-state index contributed by atoms with van der Waals surface area (Å²) in [5, 5.41) is 19.8. The minimum atomic E-state index is -0.984. The highest BCUT2D eigenvalue weighted by atomic mass is 35.5. The Morgan fingerprint density at radius 3 is 2.86 bits per heavy atom. The fourth-order valence-corrected chi connectivity index (χ4v) is 1.78. The van der Waals surface area contributed by atoms with Gasteiger partial charge in [0.15, 0.2) is 0 Å². The topological polar surface area (TPSA) is 103 Å². The minimum absolute atomic E-state index is 0.119. The fourth-order valence-electron chi connectivity index (χ4n) is 1.63. The number of carbonyl (C=O) groups is 1. The number of halogens is 1. The van der Waals surface area contributed by atoms with Crippen molar-refractivity contribution in [1.82, 2.24) is 4.98 Å². The van der Waals surface area contributed by atoms with Crippen LogP contribution in [-0.2, 0) is 11.2 Å². The SMILES string of the molecule is O=C(O)Cc1cccc(Oc2ncc(Cl)cc2[N+](=O)[O-])c1. The highest BCUT2D eigenvalue weighted by Crippen LogP contribution is 2.31. The van der Waals surface area contributed by atoms with E-state index in [4.69, 9.17) is 21.4 Å². The Morgan fingerprint density at radius 1 is 1.43 bits per heavy atom. The van der Waals surface area contributed by atoms with E-state index in [0.29, 0.717) is 5.56 Å². The number of benzene rings is 1. The third kappa shape index (κ3) is 3.90. The molecule has 0 atom stereocenters. The predicted molar refractivity (Wildman–Crippen MR) is 73.8 cm³/mol. The van der Waals surface area contributed by atoms with Gasteiger partial charge in [0.25, 0.3) is 5.88 Å². The van der Waals surface area contributed by atoms with Crippen molar-refractivity contribution in [3.05, 3.63) is 57.2 Å². The molecule has 0 radical (unpaired) electrons. The van der Waals surface area contributed by atoms with Crippen LogP contribution >= 0.6 is 11.6 Å². The lowest BCUT2D eigenvalue weighted by Crippen LogP contribution is -2.00. The summed E-state index contributed by atoms with van der Waals surface area (Å²) in [6.07, 6.45) is 1.05. The number of hydrogen-bond donors (Lipinski definition) is 1. The van der Waals surface area contributed by atoms with E-state index in [0.717, 1.165) is 6.07 Å². The molecule has 0 saturated heterocycles. The average molecular weight is 309 g/mol. The van der Waals surface area contributed by atoms with Gasteiger partial charge in [0.05, 0.1) is 22.6 Å². The Bertz CT molecular complexity index is 705. The fraction of sp³-hybridized carbons (Fsp3) is 0.0769. The second kappa shape index (κ2) is 6.19. The van der Waals surface area contributed by atoms with Gasteiger partial charge in [-0.15, -0.1) is 0 Å². The molecule has 2 aromatic rings. The van der Waals surface area contributed by atoms with Gasteiger partial charge in [0.1, 0.15) is 5.75 Å². The van der Waals surface area contributed by atoms with Gasteiger partial charge in [-0.2, -0.15) is 0 Å². The summed E-state index contributed by atoms with van der Waals surface area (Å²) in [5.74, 6) is -0.939. The second-order valence-electron chi connectivity index (χ2n) is 4.05. The van der Waals surface area contributed by atoms with Crippen LogP contribution in [-0.4, -0.2) is 21.0 Å². The summed E-state index contributed by atoms with van der Waals surface area (Å²) < 4.78 is 5.34. The summed E-state index contributed by atoms with van der Waals surface area (Å²) in [5.41, 5.74) is 0.141. The number of nitrogens with zero attached hydrogens (tertiary/aromatic N) is 2. The lowest BCUT2D eigenvalue weighted by Gasteiger charge is -2.06. The number of nitro groups is 1. The van der Waals surface area contributed by atoms with Crippen LogP contribution in [0.25, 0.3) is 0 Å². The molecular formula is C13H9ClN2O5. The average Bonchev–Trinajstić information content (AvgIpc) is 2.40. The molecule has 1 aromatic heterocycles. The van der Waals surface area contributed by atoms with Crippen molar-refractivity contribution in [3.63, 3.8) is 0 Å². The predicted octanol–water partition coefficient (Wildman–Crippen LogP) is 3.06. The molecule has 0 amide bonds. The number of aliphatic carboxylic acids is 1. The molecule has 0 saturated carbocycles. The Morgan fingerprint density at radius 2 is 2.19 bits per heavy atom. The maximum Gasteiger partial charge on any atom is 0.332 e. The normalized spacial score (nSPS) is 10.1. The molecule has 0 spiro atoms. The van der Waals surface area contributed by atoms with E-state index in [9.17, 15) is 14.9 Å². The lowest BCUT2D eigenvalue weighted by atomic mass is 10.1. The summed E-state index contributed by atoms with van der Waals surface area (Å²) >= 11 is 5.66. The van der Waals surface area contributed by atoms with Crippen LogP contribution in [0.5, 0.6) is 11.6 Å². The van der Waals surface area contributed by atoms with Crippen LogP contribution in [0.15, 0.2) is 36.5 Å². The summed E-state index contributed by atoms with van der Waals surface area (Å²) in [6.45, 7) is 0. The molecule has 108 valence electrons. The van der Waals surface area contributed by atoms with Gasteiger partial charge in [0.2, 0.25) is 0 Å². The summed E-state index contributed by atoms with van der Waals surface area (Å²) in [6, 6.07) is 7.37. The Labute approximate surface area is 123 Å². The van der Waals surface area contributed by atoms with E-state index in [1.54, 1.807) is 18.2 Å². The van der Waals surface area contributed by atoms with E-state index in [-0.39, 0.29) is 28.8 Å². The minimum Gasteiger partial charge on any atom is -0.481 e. The number of ether oxygens (including phenoxy) is 1. The van der Waals surface area contributed by atoms with Gasteiger partial charge in [-0.25, -0.2) is 4.98 Å². The van der Waals surface area contributed by atoms with Crippen molar-refractivity contribution >= 4 is 23.3 Å². The standard InChI is InChI=1S/C13H9ClN2O5/c14-9-6-11(16(19)20)13(15-7-9)21-10-3-1-2-8(4-10)5-12(17)18/h1-4,6-7H,5H2,(H,17,18). The Hall–Kier alpha value is -2.67. The third-order valence-corrected chi connectivity index (χ3v) is 2.67. The van der Waals surface area contributed by atoms with E-state index in [2.05, 4.69) is 4.98 Å². The molecule has 0 aliphatic rings. The van der Waals surface area contributed by atoms with Crippen molar-refractivity contribution in [3.8, 4) is 11.6 Å². The van der Waals surface area contributed by atoms with Gasteiger partial charge in [-0.1, -0.05) is 23.7 Å². The van der Waals surface area contributed by atoms with Crippen LogP contribution in [0.2, 0.25) is 5.02 Å². The van der Waals surface area contributed by atoms with E-state index >= 15 is 0 Å². The first-order chi connectivity index (χ1) is 9.95.